The predicted molar refractivity (Wildman–Crippen MR) is 117 cm³/mol. The zero-order chi connectivity index (χ0) is 22.8. The lowest BCUT2D eigenvalue weighted by atomic mass is 9.85. The molecular weight excluding hydrogens is 414 g/mol. The van der Waals surface area contributed by atoms with Gasteiger partial charge < -0.3 is 24.1 Å². The maximum absolute atomic E-state index is 13.6. The average Bonchev–Trinajstić information content (AvgIpc) is 3.06. The number of nitrogens with zero attached hydrogens (tertiary/aromatic N) is 1. The molecule has 0 spiro atoms. The van der Waals surface area contributed by atoms with Crippen molar-refractivity contribution in [3.8, 4) is 23.0 Å². The fraction of sp³-hybridized carbons (Fsp3) is 0.333. The van der Waals surface area contributed by atoms with Gasteiger partial charge in [0, 0.05) is 18.5 Å². The lowest BCUT2D eigenvalue weighted by Crippen LogP contribution is -2.53. The number of benzene rings is 3. The number of ether oxygens (including phenoxy) is 4. The van der Waals surface area contributed by atoms with Crippen LogP contribution in [0.5, 0.6) is 23.0 Å². The molecule has 166 valence electrons. The van der Waals surface area contributed by atoms with E-state index in [0.717, 1.165) is 0 Å². The monoisotopic (exact) mass is 437 g/mol. The summed E-state index contributed by atoms with van der Waals surface area (Å²) in [5.41, 5.74) is -1.45. The lowest BCUT2D eigenvalue weighted by Gasteiger charge is -2.37. The number of rotatable bonds is 4. The molecule has 8 nitrogen and oxygen atoms in total. The molecule has 3 aromatic rings. The van der Waals surface area contributed by atoms with Gasteiger partial charge in [0.15, 0.2) is 28.8 Å². The maximum Gasteiger partial charge on any atom is 0.257 e. The topological polar surface area (TPSA) is 94.5 Å². The van der Waals surface area contributed by atoms with Crippen LogP contribution in [0.2, 0.25) is 0 Å². The molecule has 0 aromatic heterocycles. The van der Waals surface area contributed by atoms with Crippen LogP contribution in [0.4, 0.5) is 0 Å². The van der Waals surface area contributed by atoms with E-state index < -0.39 is 11.5 Å². The first-order valence-corrected chi connectivity index (χ1v) is 10.3. The van der Waals surface area contributed by atoms with Gasteiger partial charge in [-0.15, -0.1) is 0 Å². The van der Waals surface area contributed by atoms with Gasteiger partial charge in [0.05, 0.1) is 34.0 Å². The first kappa shape index (κ1) is 20.4. The fourth-order valence-corrected chi connectivity index (χ4v) is 5.01. The van der Waals surface area contributed by atoms with Crippen molar-refractivity contribution in [1.29, 1.82) is 0 Å². The zero-order valence-electron chi connectivity index (χ0n) is 18.3. The molecule has 5 rings (SSSR count). The van der Waals surface area contributed by atoms with Crippen LogP contribution in [0, 0.1) is 0 Å². The number of methoxy groups -OCH3 is 4. The van der Waals surface area contributed by atoms with Crippen molar-refractivity contribution in [2.75, 3.05) is 35.0 Å². The summed E-state index contributed by atoms with van der Waals surface area (Å²) < 4.78 is 22.0. The van der Waals surface area contributed by atoms with Gasteiger partial charge >= 0.3 is 0 Å². The lowest BCUT2D eigenvalue weighted by molar-refractivity contribution is -0.160. The first-order chi connectivity index (χ1) is 15.4. The molecule has 2 aliphatic heterocycles. The van der Waals surface area contributed by atoms with E-state index in [2.05, 4.69) is 0 Å². The largest absolute Gasteiger partial charge is 0.493 e. The number of aliphatic hydroxyl groups is 1. The Morgan fingerprint density at radius 3 is 1.78 bits per heavy atom. The van der Waals surface area contributed by atoms with Crippen molar-refractivity contribution in [2.24, 2.45) is 0 Å². The van der Waals surface area contributed by atoms with Gasteiger partial charge in [0.2, 0.25) is 5.72 Å². The van der Waals surface area contributed by atoms with Crippen molar-refractivity contribution in [1.82, 2.24) is 4.90 Å². The summed E-state index contributed by atoms with van der Waals surface area (Å²) >= 11 is 0. The number of carbonyl (C=O) groups excluding carboxylic acids is 2. The van der Waals surface area contributed by atoms with Gasteiger partial charge in [-0.3, -0.25) is 14.5 Å². The standard InChI is InChI=1S/C24H23NO7/c1-29-16-8-12-13-9-17(30-2)19(32-4)11-15(13)22-21(14(12)10-18(16)31-3)23(27)25-7-5-6-20(26)24(22,25)28/h8-11,28H,5-7H2,1-4H3. The van der Waals surface area contributed by atoms with Crippen LogP contribution in [0.3, 0.4) is 0 Å². The molecule has 1 unspecified atom stereocenters. The second kappa shape index (κ2) is 7.00. The summed E-state index contributed by atoms with van der Waals surface area (Å²) in [5, 5.41) is 14.2. The van der Waals surface area contributed by atoms with Gasteiger partial charge in [-0.25, -0.2) is 0 Å². The van der Waals surface area contributed by atoms with E-state index in [1.165, 1.54) is 33.3 Å². The molecule has 0 radical (unpaired) electrons. The van der Waals surface area contributed by atoms with Gasteiger partial charge in [0.25, 0.3) is 5.91 Å². The first-order valence-electron chi connectivity index (χ1n) is 10.3. The Kier molecular flexibility index (Phi) is 4.46. The Balaban J connectivity index is 2.03. The van der Waals surface area contributed by atoms with Crippen molar-refractivity contribution < 1.29 is 33.6 Å². The van der Waals surface area contributed by atoms with Crippen molar-refractivity contribution in [3.05, 3.63) is 35.4 Å². The number of fused-ring (bicyclic) bond motifs is 8. The molecule has 2 aliphatic rings. The molecular formula is C24H23NO7. The van der Waals surface area contributed by atoms with Crippen LogP contribution in [-0.2, 0) is 10.5 Å². The SMILES string of the molecule is COc1cc2c3c(c4cc(OC)c(OC)cc4c2cc1OC)C1(O)C(=O)CCCN1C3=O. The number of amides is 1. The van der Waals surface area contributed by atoms with Crippen LogP contribution in [0.15, 0.2) is 24.3 Å². The molecule has 32 heavy (non-hydrogen) atoms. The zero-order valence-corrected chi connectivity index (χ0v) is 18.3. The summed E-state index contributed by atoms with van der Waals surface area (Å²) in [6.07, 6.45) is 0.698. The Morgan fingerprint density at radius 2 is 1.25 bits per heavy atom. The van der Waals surface area contributed by atoms with E-state index in [1.807, 2.05) is 0 Å². The van der Waals surface area contributed by atoms with Crippen molar-refractivity contribution in [3.63, 3.8) is 0 Å². The van der Waals surface area contributed by atoms with E-state index in [-0.39, 0.29) is 17.9 Å². The van der Waals surface area contributed by atoms with Gasteiger partial charge in [-0.2, -0.15) is 0 Å². The molecule has 0 bridgehead atoms. The molecule has 1 atom stereocenters. The fourth-order valence-electron chi connectivity index (χ4n) is 5.01. The predicted octanol–water partition coefficient (Wildman–Crippen LogP) is 2.99. The van der Waals surface area contributed by atoms with Crippen LogP contribution in [-0.4, -0.2) is 56.7 Å². The van der Waals surface area contributed by atoms with Crippen LogP contribution >= 0.6 is 0 Å². The highest BCUT2D eigenvalue weighted by Crippen LogP contribution is 2.51. The number of hydrogen-bond donors (Lipinski definition) is 1. The summed E-state index contributed by atoms with van der Waals surface area (Å²) in [6.45, 7) is 0.291. The third-order valence-electron chi connectivity index (χ3n) is 6.50. The minimum absolute atomic E-state index is 0.193. The molecule has 1 saturated heterocycles. The molecule has 0 saturated carbocycles. The second-order valence-electron chi connectivity index (χ2n) is 7.91. The highest BCUT2D eigenvalue weighted by molar-refractivity contribution is 6.24. The molecule has 8 heteroatoms. The van der Waals surface area contributed by atoms with E-state index >= 15 is 0 Å². The highest BCUT2D eigenvalue weighted by atomic mass is 16.5. The molecule has 1 amide bonds. The van der Waals surface area contributed by atoms with E-state index in [4.69, 9.17) is 18.9 Å². The molecule has 1 fully saturated rings. The van der Waals surface area contributed by atoms with Crippen molar-refractivity contribution in [2.45, 2.75) is 18.6 Å². The van der Waals surface area contributed by atoms with Gasteiger partial charge in [-0.1, -0.05) is 0 Å². The summed E-state index contributed by atoms with van der Waals surface area (Å²) in [4.78, 5) is 27.9. The smallest absolute Gasteiger partial charge is 0.257 e. The minimum Gasteiger partial charge on any atom is -0.493 e. The summed E-state index contributed by atoms with van der Waals surface area (Å²) in [5.74, 6) is 1.07. The number of carbonyl (C=O) groups is 2. The quantitative estimate of drug-likeness (QED) is 0.627. The van der Waals surface area contributed by atoms with Gasteiger partial charge in [0.1, 0.15) is 0 Å². The van der Waals surface area contributed by atoms with Crippen LogP contribution in [0.25, 0.3) is 21.5 Å². The molecule has 3 aromatic carbocycles. The summed E-state index contributed by atoms with van der Waals surface area (Å²) in [7, 11) is 6.10. The van der Waals surface area contributed by atoms with Gasteiger partial charge in [-0.05, 0) is 52.2 Å². The number of hydrogen-bond acceptors (Lipinski definition) is 7. The van der Waals surface area contributed by atoms with E-state index in [9.17, 15) is 14.7 Å². The van der Waals surface area contributed by atoms with Crippen LogP contribution < -0.4 is 18.9 Å². The average molecular weight is 437 g/mol. The van der Waals surface area contributed by atoms with Crippen molar-refractivity contribution >= 4 is 33.2 Å². The number of ketones is 1. The van der Waals surface area contributed by atoms with Crippen LogP contribution in [0.1, 0.15) is 28.8 Å². The Morgan fingerprint density at radius 1 is 0.781 bits per heavy atom. The van der Waals surface area contributed by atoms with E-state index in [1.54, 1.807) is 24.3 Å². The third-order valence-corrected chi connectivity index (χ3v) is 6.50. The summed E-state index contributed by atoms with van der Waals surface area (Å²) in [6, 6.07) is 7.00. The highest BCUT2D eigenvalue weighted by Gasteiger charge is 2.56. The Hall–Kier alpha value is -3.52. The number of Topliss-reactive ketones (excluding diaryl/α,β-unsaturated/α-hetero) is 1. The molecule has 2 heterocycles. The minimum atomic E-state index is -2.02. The normalized spacial score (nSPS) is 19.8. The Labute approximate surface area is 184 Å². The van der Waals surface area contributed by atoms with E-state index in [0.29, 0.717) is 63.1 Å². The maximum atomic E-state index is 13.6. The third kappa shape index (κ3) is 2.41. The second-order valence-corrected chi connectivity index (χ2v) is 7.91. The molecule has 1 N–H and O–H groups in total. The molecule has 0 aliphatic carbocycles. The Bertz CT molecular complexity index is 1320. The number of piperidine rings is 1.